The molecule has 1 amide bonds. The lowest BCUT2D eigenvalue weighted by Crippen LogP contribution is -2.66. The first-order chi connectivity index (χ1) is 47.3. The molecule has 0 saturated carbocycles. The van der Waals surface area contributed by atoms with Gasteiger partial charge in [-0.05, 0) is 44.9 Å². The van der Waals surface area contributed by atoms with Crippen molar-refractivity contribution in [2.24, 2.45) is 0 Å². The minimum atomic E-state index is -1.98. The van der Waals surface area contributed by atoms with E-state index in [9.17, 15) is 61.0 Å². The summed E-state index contributed by atoms with van der Waals surface area (Å²) in [6.45, 7) is 1.76. The van der Waals surface area contributed by atoms with Crippen LogP contribution < -0.4 is 5.32 Å². The van der Waals surface area contributed by atoms with Crippen molar-refractivity contribution in [2.45, 2.75) is 426 Å². The second-order valence-corrected chi connectivity index (χ2v) is 28.5. The number of aliphatic hydroxyl groups excluding tert-OH is 11. The zero-order valence-corrected chi connectivity index (χ0v) is 60.8. The molecule has 0 aromatic carbocycles. The molecule has 3 aliphatic rings. The Labute approximate surface area is 587 Å². The first-order valence-electron chi connectivity index (χ1n) is 39.7. The van der Waals surface area contributed by atoms with E-state index in [2.05, 4.69) is 43.5 Å². The Morgan fingerprint density at radius 2 is 0.660 bits per heavy atom. The van der Waals surface area contributed by atoms with E-state index in [1.54, 1.807) is 6.08 Å². The Hall–Kier alpha value is -1.99. The molecule has 12 N–H and O–H groups in total. The highest BCUT2D eigenvalue weighted by Gasteiger charge is 2.53. The molecule has 3 aliphatic heterocycles. The Balaban J connectivity index is 1.39. The molecule has 3 rings (SSSR count). The van der Waals surface area contributed by atoms with Gasteiger partial charge in [-0.15, -0.1) is 0 Å². The van der Waals surface area contributed by atoms with Crippen molar-refractivity contribution < 1.29 is 89.4 Å². The molecular weight excluding hydrogens is 1240 g/mol. The average molecular weight is 1390 g/mol. The predicted octanol–water partition coefficient (Wildman–Crippen LogP) is 12.7. The summed E-state index contributed by atoms with van der Waals surface area (Å²) in [6.07, 6.45) is 45.7. The third-order valence-electron chi connectivity index (χ3n) is 19.9. The minimum absolute atomic E-state index is 0.236. The van der Waals surface area contributed by atoms with Crippen LogP contribution in [0, 0.1) is 0 Å². The van der Waals surface area contributed by atoms with Gasteiger partial charge < -0.3 is 89.9 Å². The molecule has 0 bridgehead atoms. The Bertz CT molecular complexity index is 1900. The Morgan fingerprint density at radius 3 is 1.03 bits per heavy atom. The van der Waals surface area contributed by atoms with Crippen molar-refractivity contribution in [1.29, 1.82) is 0 Å². The van der Waals surface area contributed by atoms with Gasteiger partial charge in [-0.1, -0.05) is 307 Å². The molecule has 0 aromatic rings. The van der Waals surface area contributed by atoms with Crippen LogP contribution in [0.5, 0.6) is 0 Å². The van der Waals surface area contributed by atoms with E-state index in [1.165, 1.54) is 244 Å². The summed E-state index contributed by atoms with van der Waals surface area (Å²) in [5.41, 5.74) is 0. The van der Waals surface area contributed by atoms with Crippen LogP contribution in [0.1, 0.15) is 322 Å². The SMILES string of the molecule is CCCCCCCCCCCCCC/C=C/CC/C=C/CC/C=C/C(O)C(COC1OC(CO)C(OC2OC(CO)C(OC3OC(CO)C(O)C(O)C3O)C(O)C2O)C(O)C1O)NC(=O)CCCCCCCCCCCCCCCCCCCCCCCCCCCCCCCC. The maximum absolute atomic E-state index is 13.5. The number of aliphatic hydroxyl groups is 11. The lowest BCUT2D eigenvalue weighted by Gasteiger charge is -2.48. The summed E-state index contributed by atoms with van der Waals surface area (Å²) >= 11 is 0. The summed E-state index contributed by atoms with van der Waals surface area (Å²) in [4.78, 5) is 13.5. The molecule has 17 unspecified atom stereocenters. The molecule has 3 fully saturated rings. The van der Waals surface area contributed by atoms with Crippen LogP contribution in [-0.4, -0.2) is 193 Å². The number of amides is 1. The first kappa shape index (κ1) is 89.2. The third kappa shape index (κ3) is 40.0. The van der Waals surface area contributed by atoms with Crippen molar-refractivity contribution >= 4 is 5.91 Å². The zero-order chi connectivity index (χ0) is 70.4. The van der Waals surface area contributed by atoms with Crippen molar-refractivity contribution in [2.75, 3.05) is 26.4 Å². The molecule has 19 heteroatoms. The van der Waals surface area contributed by atoms with E-state index in [1.807, 2.05) is 6.08 Å². The summed E-state index contributed by atoms with van der Waals surface area (Å²) in [6, 6.07) is -0.996. The number of hydrogen-bond acceptors (Lipinski definition) is 18. The van der Waals surface area contributed by atoms with Gasteiger partial charge in [0.15, 0.2) is 18.9 Å². The highest BCUT2D eigenvalue weighted by atomic mass is 16.8. The molecular formula is C78H145NO18. The molecule has 3 heterocycles. The first-order valence-corrected chi connectivity index (χ1v) is 39.7. The molecule has 0 spiro atoms. The van der Waals surface area contributed by atoms with Gasteiger partial charge in [0.25, 0.3) is 0 Å². The monoisotopic (exact) mass is 1380 g/mol. The van der Waals surface area contributed by atoms with Crippen molar-refractivity contribution in [3.05, 3.63) is 36.5 Å². The Kier molecular flexibility index (Phi) is 54.6. The van der Waals surface area contributed by atoms with Gasteiger partial charge in [0, 0.05) is 6.42 Å². The van der Waals surface area contributed by atoms with Crippen LogP contribution in [0.15, 0.2) is 36.5 Å². The van der Waals surface area contributed by atoms with E-state index >= 15 is 0 Å². The highest BCUT2D eigenvalue weighted by Crippen LogP contribution is 2.33. The summed E-state index contributed by atoms with van der Waals surface area (Å²) in [5, 5.41) is 121. The smallest absolute Gasteiger partial charge is 0.220 e. The fourth-order valence-corrected chi connectivity index (χ4v) is 13.5. The van der Waals surface area contributed by atoms with Gasteiger partial charge in [-0.2, -0.15) is 0 Å². The molecule has 3 saturated heterocycles. The zero-order valence-electron chi connectivity index (χ0n) is 60.8. The van der Waals surface area contributed by atoms with Crippen LogP contribution in [0.2, 0.25) is 0 Å². The van der Waals surface area contributed by atoms with E-state index < -0.39 is 124 Å². The number of unbranched alkanes of at least 4 members (excludes halogenated alkanes) is 43. The number of nitrogens with one attached hydrogen (secondary N) is 1. The Morgan fingerprint density at radius 1 is 0.361 bits per heavy atom. The molecule has 19 nitrogen and oxygen atoms in total. The van der Waals surface area contributed by atoms with Crippen molar-refractivity contribution in [3.63, 3.8) is 0 Å². The van der Waals surface area contributed by atoms with Gasteiger partial charge in [-0.25, -0.2) is 0 Å². The third-order valence-corrected chi connectivity index (χ3v) is 19.9. The topological polar surface area (TPSA) is 307 Å². The summed E-state index contributed by atoms with van der Waals surface area (Å²) in [7, 11) is 0. The van der Waals surface area contributed by atoms with E-state index in [0.717, 1.165) is 44.9 Å². The molecule has 97 heavy (non-hydrogen) atoms. The largest absolute Gasteiger partial charge is 0.394 e. The summed E-state index contributed by atoms with van der Waals surface area (Å²) < 4.78 is 34.4. The normalized spacial score (nSPS) is 27.0. The quantitative estimate of drug-likeness (QED) is 0.0199. The number of allylic oxidation sites excluding steroid dienone is 5. The second kappa shape index (κ2) is 59.4. The lowest BCUT2D eigenvalue weighted by atomic mass is 9.96. The predicted molar refractivity (Wildman–Crippen MR) is 383 cm³/mol. The second-order valence-electron chi connectivity index (χ2n) is 28.5. The van der Waals surface area contributed by atoms with E-state index in [-0.39, 0.29) is 18.9 Å². The van der Waals surface area contributed by atoms with Crippen LogP contribution in [-0.2, 0) is 33.2 Å². The highest BCUT2D eigenvalue weighted by molar-refractivity contribution is 5.76. The molecule has 0 aromatic heterocycles. The fourth-order valence-electron chi connectivity index (χ4n) is 13.5. The standard InChI is InChI=1S/C78H145NO18/c1-3-5-7-9-11-13-15-17-19-21-23-25-27-28-29-30-31-32-33-34-36-38-40-42-44-46-48-50-52-54-56-66(84)79-61(62(83)55-53-51-49-47-45-43-41-39-37-35-26-24-22-20-18-16-14-12-10-8-6-4-2)60-92-76-72(90)69(87)74(64(58-81)94-76)97-78-73(91)70(88)75(65(59-82)95-78)96-77-71(89)68(86)67(85)63(57-80)93-77/h37,39,45,47,53,55,61-65,67-78,80-83,85-91H,3-36,38,40-44,46,48-52,54,56-60H2,1-2H3,(H,79,84)/b39-37+,47-45+,55-53+. The maximum atomic E-state index is 13.5. The molecule has 0 radical (unpaired) electrons. The molecule has 17 atom stereocenters. The van der Waals surface area contributed by atoms with Crippen LogP contribution in [0.3, 0.4) is 0 Å². The molecule has 0 aliphatic carbocycles. The van der Waals surface area contributed by atoms with E-state index in [4.69, 9.17) is 28.4 Å². The number of carbonyl (C=O) groups is 1. The van der Waals surface area contributed by atoms with Crippen LogP contribution >= 0.6 is 0 Å². The number of hydrogen-bond donors (Lipinski definition) is 12. The lowest BCUT2D eigenvalue weighted by molar-refractivity contribution is -0.379. The number of ether oxygens (including phenoxy) is 6. The van der Waals surface area contributed by atoms with Gasteiger partial charge in [0.1, 0.15) is 73.2 Å². The number of rotatable bonds is 63. The average Bonchev–Trinajstić information content (AvgIpc) is 0.790. The van der Waals surface area contributed by atoms with Gasteiger partial charge >= 0.3 is 0 Å². The van der Waals surface area contributed by atoms with Crippen molar-refractivity contribution in [1.82, 2.24) is 5.32 Å². The van der Waals surface area contributed by atoms with Crippen molar-refractivity contribution in [3.8, 4) is 0 Å². The maximum Gasteiger partial charge on any atom is 0.220 e. The van der Waals surface area contributed by atoms with Gasteiger partial charge in [-0.3, -0.25) is 4.79 Å². The van der Waals surface area contributed by atoms with Crippen LogP contribution in [0.25, 0.3) is 0 Å². The minimum Gasteiger partial charge on any atom is -0.394 e. The molecule has 570 valence electrons. The fraction of sp³-hybridized carbons (Fsp3) is 0.910. The van der Waals surface area contributed by atoms with Crippen LogP contribution in [0.4, 0.5) is 0 Å². The van der Waals surface area contributed by atoms with E-state index in [0.29, 0.717) is 12.8 Å². The van der Waals surface area contributed by atoms with Gasteiger partial charge in [0.05, 0.1) is 38.6 Å². The van der Waals surface area contributed by atoms with Gasteiger partial charge in [0.2, 0.25) is 5.91 Å². The summed E-state index contributed by atoms with van der Waals surface area (Å²) in [5.74, 6) is -0.283. The number of carbonyl (C=O) groups excluding carboxylic acids is 1.